The van der Waals surface area contributed by atoms with E-state index in [1.165, 1.54) is 0 Å². The first-order valence-electron chi connectivity index (χ1n) is 7.38. The van der Waals surface area contributed by atoms with Crippen molar-refractivity contribution in [2.75, 3.05) is 13.6 Å². The molecule has 5 heteroatoms. The highest BCUT2D eigenvalue weighted by atomic mass is 79.9. The van der Waals surface area contributed by atoms with Gasteiger partial charge in [-0.05, 0) is 62.2 Å². The summed E-state index contributed by atoms with van der Waals surface area (Å²) in [7, 11) is 2.00. The number of benzene rings is 2. The molecule has 0 fully saturated rings. The zero-order valence-corrected chi connectivity index (χ0v) is 16.1. The highest BCUT2D eigenvalue weighted by molar-refractivity contribution is 9.10. The Balaban J connectivity index is 2.27. The molecule has 0 aliphatic heterocycles. The first-order chi connectivity index (χ1) is 10.9. The highest BCUT2D eigenvalue weighted by Gasteiger charge is 2.07. The van der Waals surface area contributed by atoms with E-state index in [1.807, 2.05) is 56.4 Å². The Labute approximate surface area is 151 Å². The average Bonchev–Trinajstić information content (AvgIpc) is 2.47. The topological polar surface area (TPSA) is 24.8 Å². The van der Waals surface area contributed by atoms with E-state index >= 15 is 0 Å². The minimum absolute atomic E-state index is 0.632. The van der Waals surface area contributed by atoms with E-state index in [2.05, 4.69) is 27.8 Å². The van der Waals surface area contributed by atoms with Gasteiger partial charge in [-0.15, -0.1) is 0 Å². The second-order valence-electron chi connectivity index (χ2n) is 5.43. The summed E-state index contributed by atoms with van der Waals surface area (Å²) in [6.45, 7) is 7.05. The van der Waals surface area contributed by atoms with E-state index in [0.29, 0.717) is 10.8 Å². The van der Waals surface area contributed by atoms with Crippen molar-refractivity contribution in [2.45, 2.75) is 20.8 Å². The van der Waals surface area contributed by atoms with E-state index in [0.717, 1.165) is 33.6 Å². The van der Waals surface area contributed by atoms with Crippen LogP contribution in [0.3, 0.4) is 0 Å². The molecular weight excluding hydrogens is 376 g/mol. The number of hydrogen-bond donors (Lipinski definition) is 0. The molecule has 0 saturated carbocycles. The highest BCUT2D eigenvalue weighted by Crippen LogP contribution is 2.33. The number of nitrogens with zero attached hydrogens (tertiary/aromatic N) is 2. The monoisotopic (exact) mass is 394 g/mol. The maximum Gasteiger partial charge on any atom is 0.130 e. The number of aliphatic imine (C=N–C) groups is 1. The van der Waals surface area contributed by atoms with Crippen molar-refractivity contribution >= 4 is 39.6 Å². The van der Waals surface area contributed by atoms with Crippen LogP contribution in [-0.4, -0.2) is 24.8 Å². The Hall–Kier alpha value is -1.52. The molecule has 2 aromatic carbocycles. The molecule has 2 rings (SSSR count). The van der Waals surface area contributed by atoms with Gasteiger partial charge in [0.1, 0.15) is 11.5 Å². The lowest BCUT2D eigenvalue weighted by Gasteiger charge is -2.13. The minimum Gasteiger partial charge on any atom is -0.457 e. The summed E-state index contributed by atoms with van der Waals surface area (Å²) in [4.78, 5) is 6.56. The maximum atomic E-state index is 6.06. The normalized spacial score (nSPS) is 11.0. The zero-order chi connectivity index (χ0) is 17.0. The van der Waals surface area contributed by atoms with Gasteiger partial charge in [-0.25, -0.2) is 4.99 Å². The summed E-state index contributed by atoms with van der Waals surface area (Å²) >= 11 is 9.49. The molecule has 0 unspecified atom stereocenters. The summed E-state index contributed by atoms with van der Waals surface area (Å²) in [5, 5.41) is 0.632. The SMILES string of the molecule is CCN(C)C=Nc1cc(C)c(Oc2cc(Cl)cc(Br)c2)cc1C. The van der Waals surface area contributed by atoms with Gasteiger partial charge in [-0.3, -0.25) is 0 Å². The van der Waals surface area contributed by atoms with Gasteiger partial charge >= 0.3 is 0 Å². The van der Waals surface area contributed by atoms with Gasteiger partial charge in [-0.2, -0.15) is 0 Å². The van der Waals surface area contributed by atoms with Crippen LogP contribution in [0, 0.1) is 13.8 Å². The lowest BCUT2D eigenvalue weighted by molar-refractivity contribution is 0.478. The molecule has 0 spiro atoms. The Morgan fingerprint density at radius 2 is 1.91 bits per heavy atom. The molecule has 23 heavy (non-hydrogen) atoms. The summed E-state index contributed by atoms with van der Waals surface area (Å²) in [6, 6.07) is 9.55. The van der Waals surface area contributed by atoms with Crippen LogP contribution in [0.5, 0.6) is 11.5 Å². The van der Waals surface area contributed by atoms with E-state index in [1.54, 1.807) is 6.07 Å². The zero-order valence-electron chi connectivity index (χ0n) is 13.7. The van der Waals surface area contributed by atoms with E-state index < -0.39 is 0 Å². The molecule has 2 aromatic rings. The Kier molecular flexibility index (Phi) is 6.08. The molecule has 0 saturated heterocycles. The molecule has 0 radical (unpaired) electrons. The van der Waals surface area contributed by atoms with Crippen LogP contribution in [0.25, 0.3) is 0 Å². The molecule has 0 heterocycles. The number of ether oxygens (including phenoxy) is 1. The Morgan fingerprint density at radius 1 is 1.17 bits per heavy atom. The molecule has 0 aliphatic carbocycles. The Bertz CT molecular complexity index is 711. The second kappa shape index (κ2) is 7.84. The second-order valence-corrected chi connectivity index (χ2v) is 6.78. The number of halogens is 2. The summed E-state index contributed by atoms with van der Waals surface area (Å²) in [6.07, 6.45) is 1.84. The third kappa shape index (κ3) is 4.98. The van der Waals surface area contributed by atoms with Gasteiger partial charge in [0, 0.05) is 23.1 Å². The predicted molar refractivity (Wildman–Crippen MR) is 102 cm³/mol. The van der Waals surface area contributed by atoms with Crippen molar-refractivity contribution in [1.29, 1.82) is 0 Å². The van der Waals surface area contributed by atoms with Gasteiger partial charge in [0.2, 0.25) is 0 Å². The van der Waals surface area contributed by atoms with Gasteiger partial charge in [0.05, 0.1) is 12.0 Å². The van der Waals surface area contributed by atoms with Crippen LogP contribution in [0.4, 0.5) is 5.69 Å². The lowest BCUT2D eigenvalue weighted by atomic mass is 10.1. The van der Waals surface area contributed by atoms with Crippen LogP contribution in [0.15, 0.2) is 39.8 Å². The average molecular weight is 396 g/mol. The first-order valence-corrected chi connectivity index (χ1v) is 8.55. The van der Waals surface area contributed by atoms with Crippen molar-refractivity contribution in [1.82, 2.24) is 4.90 Å². The van der Waals surface area contributed by atoms with Crippen molar-refractivity contribution in [3.63, 3.8) is 0 Å². The maximum absolute atomic E-state index is 6.06. The molecule has 0 amide bonds. The van der Waals surface area contributed by atoms with Crippen molar-refractivity contribution in [2.24, 2.45) is 4.99 Å². The smallest absolute Gasteiger partial charge is 0.130 e. The van der Waals surface area contributed by atoms with Gasteiger partial charge < -0.3 is 9.64 Å². The first kappa shape index (κ1) is 17.8. The van der Waals surface area contributed by atoms with Crippen LogP contribution < -0.4 is 4.74 Å². The number of rotatable bonds is 5. The van der Waals surface area contributed by atoms with Gasteiger partial charge in [-0.1, -0.05) is 27.5 Å². The standard InChI is InChI=1S/C18H20BrClN2O/c1-5-22(4)11-21-17-6-13(3)18(7-12(17)2)23-16-9-14(19)8-15(20)10-16/h6-11H,5H2,1-4H3. The third-order valence-corrected chi connectivity index (χ3v) is 4.13. The number of aryl methyl sites for hydroxylation is 2. The van der Waals surface area contributed by atoms with Crippen LogP contribution >= 0.6 is 27.5 Å². The molecular formula is C18H20BrClN2O. The van der Waals surface area contributed by atoms with Crippen molar-refractivity contribution in [3.05, 3.63) is 51.0 Å². The molecule has 3 nitrogen and oxygen atoms in total. The lowest BCUT2D eigenvalue weighted by Crippen LogP contribution is -2.14. The van der Waals surface area contributed by atoms with Crippen molar-refractivity contribution < 1.29 is 4.74 Å². The van der Waals surface area contributed by atoms with E-state index in [9.17, 15) is 0 Å². The molecule has 0 atom stereocenters. The molecule has 0 N–H and O–H groups in total. The van der Waals surface area contributed by atoms with Gasteiger partial charge in [0.25, 0.3) is 0 Å². The van der Waals surface area contributed by atoms with E-state index in [4.69, 9.17) is 16.3 Å². The summed E-state index contributed by atoms with van der Waals surface area (Å²) in [5.74, 6) is 1.51. The molecule has 122 valence electrons. The fourth-order valence-electron chi connectivity index (χ4n) is 1.98. The van der Waals surface area contributed by atoms with Crippen LogP contribution in [-0.2, 0) is 0 Å². The minimum atomic E-state index is 0.632. The van der Waals surface area contributed by atoms with Crippen LogP contribution in [0.1, 0.15) is 18.1 Å². The third-order valence-electron chi connectivity index (χ3n) is 3.45. The number of hydrogen-bond acceptors (Lipinski definition) is 2. The largest absolute Gasteiger partial charge is 0.457 e. The fraction of sp³-hybridized carbons (Fsp3) is 0.278. The predicted octanol–water partition coefficient (Wildman–Crippen LogP) is 6.12. The molecule has 0 aliphatic rings. The summed E-state index contributed by atoms with van der Waals surface area (Å²) in [5.41, 5.74) is 3.04. The Morgan fingerprint density at radius 3 is 2.57 bits per heavy atom. The van der Waals surface area contributed by atoms with Gasteiger partial charge in [0.15, 0.2) is 0 Å². The quantitative estimate of drug-likeness (QED) is 0.450. The molecule has 0 bridgehead atoms. The summed E-state index contributed by atoms with van der Waals surface area (Å²) < 4.78 is 6.86. The van der Waals surface area contributed by atoms with Crippen molar-refractivity contribution in [3.8, 4) is 11.5 Å². The molecule has 0 aromatic heterocycles. The van der Waals surface area contributed by atoms with Crippen LogP contribution in [0.2, 0.25) is 5.02 Å². The fourth-order valence-corrected chi connectivity index (χ4v) is 2.81. The van der Waals surface area contributed by atoms with E-state index in [-0.39, 0.29) is 0 Å².